The molecular formula is C15H16ClN3O2. The van der Waals surface area contributed by atoms with Crippen LogP contribution in [0.2, 0.25) is 5.02 Å². The smallest absolute Gasteiger partial charge is 0.410 e. The van der Waals surface area contributed by atoms with Crippen LogP contribution in [0.3, 0.4) is 0 Å². The molecule has 2 heterocycles. The molecule has 1 aliphatic heterocycles. The van der Waals surface area contributed by atoms with E-state index in [1.165, 1.54) is 0 Å². The number of nitrogens with zero attached hydrogens (tertiary/aromatic N) is 2. The lowest BCUT2D eigenvalue weighted by Crippen LogP contribution is -2.18. The Morgan fingerprint density at radius 1 is 1.38 bits per heavy atom. The van der Waals surface area contributed by atoms with Gasteiger partial charge in [-0.3, -0.25) is 10.00 Å². The van der Waals surface area contributed by atoms with Gasteiger partial charge in [-0.1, -0.05) is 43.6 Å². The number of halogens is 1. The summed E-state index contributed by atoms with van der Waals surface area (Å²) in [4.78, 5) is 11.9. The zero-order valence-electron chi connectivity index (χ0n) is 11.9. The molecule has 0 aliphatic carbocycles. The van der Waals surface area contributed by atoms with Crippen molar-refractivity contribution in [2.24, 2.45) is 0 Å². The molecule has 0 saturated carbocycles. The van der Waals surface area contributed by atoms with Crippen LogP contribution in [0.1, 0.15) is 26.0 Å². The number of para-hydroxylation sites is 1. The van der Waals surface area contributed by atoms with Crippen LogP contribution < -0.4 is 10.1 Å². The van der Waals surface area contributed by atoms with Crippen LogP contribution in [0.25, 0.3) is 0 Å². The van der Waals surface area contributed by atoms with Gasteiger partial charge in [-0.15, -0.1) is 0 Å². The van der Waals surface area contributed by atoms with Crippen molar-refractivity contribution in [2.75, 3.05) is 5.32 Å². The number of aromatic nitrogens is 2. The number of rotatable bonds is 2. The van der Waals surface area contributed by atoms with Gasteiger partial charge in [0.05, 0.1) is 5.69 Å². The summed E-state index contributed by atoms with van der Waals surface area (Å²) in [7, 11) is 0. The Morgan fingerprint density at radius 3 is 2.76 bits per heavy atom. The van der Waals surface area contributed by atoms with Crippen LogP contribution in [0.15, 0.2) is 30.3 Å². The Bertz CT molecular complexity index is 680. The predicted molar refractivity (Wildman–Crippen MR) is 81.0 cm³/mol. The molecule has 1 N–H and O–H groups in total. The fraction of sp³-hybridized carbons (Fsp3) is 0.333. The first kappa shape index (κ1) is 13.9. The molecule has 0 saturated heterocycles. The van der Waals surface area contributed by atoms with E-state index in [0.29, 0.717) is 16.6 Å². The number of aryl methyl sites for hydroxylation is 1. The summed E-state index contributed by atoms with van der Waals surface area (Å²) in [5.41, 5.74) is 0.923. The molecule has 1 aromatic carbocycles. The quantitative estimate of drug-likeness (QED) is 0.917. The average molecular weight is 306 g/mol. The second kappa shape index (κ2) is 5.07. The summed E-state index contributed by atoms with van der Waals surface area (Å²) >= 11 is 6.35. The number of hydrogen-bond donors (Lipinski definition) is 1. The lowest BCUT2D eigenvalue weighted by Gasteiger charge is -2.16. The van der Waals surface area contributed by atoms with Gasteiger partial charge in [0.25, 0.3) is 0 Å². The largest absolute Gasteiger partial charge is 0.418 e. The van der Waals surface area contributed by atoms with Gasteiger partial charge in [-0.2, -0.15) is 5.10 Å². The van der Waals surface area contributed by atoms with Crippen molar-refractivity contribution in [2.45, 2.75) is 32.2 Å². The molecule has 0 atom stereocenters. The molecule has 21 heavy (non-hydrogen) atoms. The molecule has 0 bridgehead atoms. The van der Waals surface area contributed by atoms with E-state index < -0.39 is 6.09 Å². The number of ether oxygens (including phenoxy) is 1. The third kappa shape index (κ3) is 2.61. The molecule has 1 aromatic heterocycles. The summed E-state index contributed by atoms with van der Waals surface area (Å²) in [5.74, 6) is 0.818. The Kier molecular flexibility index (Phi) is 3.37. The summed E-state index contributed by atoms with van der Waals surface area (Å²) in [5, 5.41) is 7.43. The number of hydrogen-bond acceptors (Lipinski definition) is 3. The molecule has 1 aliphatic rings. The van der Waals surface area contributed by atoms with E-state index >= 15 is 0 Å². The minimum absolute atomic E-state index is 0.0344. The van der Waals surface area contributed by atoms with E-state index in [1.807, 2.05) is 10.7 Å². The maximum atomic E-state index is 11.9. The fourth-order valence-corrected chi connectivity index (χ4v) is 2.99. The highest BCUT2D eigenvalue weighted by atomic mass is 35.5. The van der Waals surface area contributed by atoms with Crippen LogP contribution in [0.5, 0.6) is 5.75 Å². The summed E-state index contributed by atoms with van der Waals surface area (Å²) < 4.78 is 7.02. The van der Waals surface area contributed by atoms with Crippen molar-refractivity contribution >= 4 is 23.5 Å². The molecule has 3 rings (SSSR count). The average Bonchev–Trinajstić information content (AvgIpc) is 2.90. The highest BCUT2D eigenvalue weighted by Crippen LogP contribution is 2.41. The highest BCUT2D eigenvalue weighted by Gasteiger charge is 2.36. The third-order valence-electron chi connectivity index (χ3n) is 3.66. The van der Waals surface area contributed by atoms with Gasteiger partial charge in [0.1, 0.15) is 10.8 Å². The van der Waals surface area contributed by atoms with Gasteiger partial charge < -0.3 is 4.74 Å². The Labute approximate surface area is 127 Å². The SMILES string of the molecule is CC1(C)CCn2nc(NC(=O)Oc3ccccc3)c(Cl)c21. The lowest BCUT2D eigenvalue weighted by atomic mass is 9.88. The highest BCUT2D eigenvalue weighted by molar-refractivity contribution is 6.34. The molecule has 6 heteroatoms. The first-order valence-corrected chi connectivity index (χ1v) is 7.16. The van der Waals surface area contributed by atoms with Crippen LogP contribution in [-0.4, -0.2) is 15.9 Å². The number of carbonyl (C=O) groups excluding carboxylic acids is 1. The van der Waals surface area contributed by atoms with Crippen molar-refractivity contribution in [1.29, 1.82) is 0 Å². The molecule has 0 spiro atoms. The van der Waals surface area contributed by atoms with Gasteiger partial charge >= 0.3 is 6.09 Å². The van der Waals surface area contributed by atoms with E-state index in [1.54, 1.807) is 24.3 Å². The topological polar surface area (TPSA) is 56.2 Å². The minimum atomic E-state index is -0.599. The number of fused-ring (bicyclic) bond motifs is 1. The molecular weight excluding hydrogens is 290 g/mol. The summed E-state index contributed by atoms with van der Waals surface area (Å²) in [6, 6.07) is 8.85. The standard InChI is InChI=1S/C15H16ClN3O2/c1-15(2)8-9-19-12(15)11(16)13(18-19)17-14(20)21-10-6-4-3-5-7-10/h3-7H,8-9H2,1-2H3,(H,17,18,20). The predicted octanol–water partition coefficient (Wildman–Crippen LogP) is 3.83. The molecule has 1 amide bonds. The van der Waals surface area contributed by atoms with Gasteiger partial charge in [-0.05, 0) is 18.6 Å². The second-order valence-electron chi connectivity index (χ2n) is 5.70. The van der Waals surface area contributed by atoms with Crippen LogP contribution in [0.4, 0.5) is 10.6 Å². The van der Waals surface area contributed by atoms with E-state index in [-0.39, 0.29) is 5.41 Å². The number of anilines is 1. The van der Waals surface area contributed by atoms with Gasteiger partial charge in [0, 0.05) is 12.0 Å². The van der Waals surface area contributed by atoms with Gasteiger partial charge in [-0.25, -0.2) is 4.79 Å². The van der Waals surface area contributed by atoms with Crippen LogP contribution >= 0.6 is 11.6 Å². The van der Waals surface area contributed by atoms with E-state index in [4.69, 9.17) is 16.3 Å². The normalized spacial score (nSPS) is 15.6. The number of nitrogens with one attached hydrogen (secondary N) is 1. The summed E-state index contributed by atoms with van der Waals surface area (Å²) in [6.07, 6.45) is 0.391. The molecule has 0 radical (unpaired) electrons. The Balaban J connectivity index is 1.76. The Morgan fingerprint density at radius 2 is 2.10 bits per heavy atom. The molecule has 2 aromatic rings. The summed E-state index contributed by atoms with van der Waals surface area (Å²) in [6.45, 7) is 5.04. The maximum absolute atomic E-state index is 11.9. The van der Waals surface area contributed by atoms with Crippen LogP contribution in [0, 0.1) is 0 Å². The van der Waals surface area contributed by atoms with E-state index in [9.17, 15) is 4.79 Å². The zero-order valence-corrected chi connectivity index (χ0v) is 12.6. The Hall–Kier alpha value is -2.01. The van der Waals surface area contributed by atoms with Gasteiger partial charge in [0.2, 0.25) is 0 Å². The number of amides is 1. The lowest BCUT2D eigenvalue weighted by molar-refractivity contribution is 0.215. The first-order valence-electron chi connectivity index (χ1n) is 6.78. The van der Waals surface area contributed by atoms with Gasteiger partial charge in [0.15, 0.2) is 5.82 Å². The number of carbonyl (C=O) groups is 1. The van der Waals surface area contributed by atoms with Crippen molar-refractivity contribution in [3.63, 3.8) is 0 Å². The van der Waals surface area contributed by atoms with Crippen molar-refractivity contribution in [3.05, 3.63) is 41.0 Å². The fourth-order valence-electron chi connectivity index (χ4n) is 2.55. The minimum Gasteiger partial charge on any atom is -0.410 e. The van der Waals surface area contributed by atoms with Crippen LogP contribution in [-0.2, 0) is 12.0 Å². The second-order valence-corrected chi connectivity index (χ2v) is 6.07. The third-order valence-corrected chi connectivity index (χ3v) is 4.02. The van der Waals surface area contributed by atoms with E-state index in [0.717, 1.165) is 18.7 Å². The van der Waals surface area contributed by atoms with E-state index in [2.05, 4.69) is 24.3 Å². The van der Waals surface area contributed by atoms with Crippen molar-refractivity contribution in [3.8, 4) is 5.75 Å². The molecule has 5 nitrogen and oxygen atoms in total. The van der Waals surface area contributed by atoms with Crippen molar-refractivity contribution in [1.82, 2.24) is 9.78 Å². The van der Waals surface area contributed by atoms with Crippen molar-refractivity contribution < 1.29 is 9.53 Å². The number of benzene rings is 1. The monoisotopic (exact) mass is 305 g/mol. The maximum Gasteiger partial charge on any atom is 0.418 e. The molecule has 0 fully saturated rings. The molecule has 0 unspecified atom stereocenters. The molecule has 110 valence electrons. The first-order chi connectivity index (χ1) is 9.97. The zero-order chi connectivity index (χ0) is 15.0.